The lowest BCUT2D eigenvalue weighted by Crippen LogP contribution is -2.30. The molecule has 110 valence electrons. The lowest BCUT2D eigenvalue weighted by molar-refractivity contribution is 0.616. The van der Waals surface area contributed by atoms with E-state index in [-0.39, 0.29) is 0 Å². The minimum absolute atomic E-state index is 0.337. The highest BCUT2D eigenvalue weighted by atomic mass is 15.2. The summed E-state index contributed by atoms with van der Waals surface area (Å²) in [6.07, 6.45) is 5.45. The first kappa shape index (κ1) is 13.8. The van der Waals surface area contributed by atoms with Gasteiger partial charge in [0.1, 0.15) is 5.82 Å². The van der Waals surface area contributed by atoms with Crippen LogP contribution in [0.3, 0.4) is 0 Å². The van der Waals surface area contributed by atoms with Crippen molar-refractivity contribution in [1.82, 2.24) is 20.3 Å². The molecule has 1 aliphatic heterocycles. The number of likely N-dealkylation sites (N-methyl/N-ethyl adjacent to an activating group) is 1. The van der Waals surface area contributed by atoms with E-state index in [9.17, 15) is 0 Å². The molecule has 6 nitrogen and oxygen atoms in total. The number of rotatable bonds is 4. The van der Waals surface area contributed by atoms with Gasteiger partial charge >= 0.3 is 0 Å². The molecule has 3 heterocycles. The maximum Gasteiger partial charge on any atom is 0.222 e. The van der Waals surface area contributed by atoms with Gasteiger partial charge in [0.15, 0.2) is 0 Å². The second-order valence-electron chi connectivity index (χ2n) is 5.33. The first-order valence-electron chi connectivity index (χ1n) is 7.19. The highest BCUT2D eigenvalue weighted by molar-refractivity contribution is 5.45. The third-order valence-electron chi connectivity index (χ3n) is 3.84. The molecule has 2 aromatic rings. The summed E-state index contributed by atoms with van der Waals surface area (Å²) < 4.78 is 0. The summed E-state index contributed by atoms with van der Waals surface area (Å²) in [7, 11) is 2.00. The summed E-state index contributed by atoms with van der Waals surface area (Å²) in [4.78, 5) is 15.0. The average molecular weight is 284 g/mol. The topological polar surface area (TPSA) is 80.0 Å². The number of nitrogens with zero attached hydrogens (tertiary/aromatic N) is 4. The normalized spacial score (nSPS) is 18.1. The van der Waals surface area contributed by atoms with Gasteiger partial charge in [-0.05, 0) is 31.2 Å². The van der Waals surface area contributed by atoms with E-state index in [2.05, 4.69) is 25.2 Å². The number of aromatic nitrogens is 3. The highest BCUT2D eigenvalue weighted by Crippen LogP contribution is 2.20. The fourth-order valence-electron chi connectivity index (χ4n) is 2.67. The molecule has 6 heteroatoms. The SMILES string of the molecule is CNC1CCN(c2cc(Cc3ccncc3)nc(N)n2)C1. The van der Waals surface area contributed by atoms with Crippen molar-refractivity contribution in [1.29, 1.82) is 0 Å². The van der Waals surface area contributed by atoms with Crippen molar-refractivity contribution >= 4 is 11.8 Å². The first-order valence-corrected chi connectivity index (χ1v) is 7.19. The van der Waals surface area contributed by atoms with Crippen LogP contribution in [0.5, 0.6) is 0 Å². The van der Waals surface area contributed by atoms with Crippen molar-refractivity contribution in [3.63, 3.8) is 0 Å². The third kappa shape index (κ3) is 3.28. The lowest BCUT2D eigenvalue weighted by Gasteiger charge is -2.18. The second kappa shape index (κ2) is 6.05. The molecule has 3 rings (SSSR count). The molecule has 0 aliphatic carbocycles. The van der Waals surface area contributed by atoms with E-state index in [0.29, 0.717) is 12.0 Å². The van der Waals surface area contributed by atoms with E-state index in [1.165, 1.54) is 5.56 Å². The number of hydrogen-bond donors (Lipinski definition) is 2. The summed E-state index contributed by atoms with van der Waals surface area (Å²) in [5, 5.41) is 3.31. The van der Waals surface area contributed by atoms with Crippen LogP contribution < -0.4 is 16.0 Å². The molecule has 0 amide bonds. The molecule has 1 atom stereocenters. The molecule has 21 heavy (non-hydrogen) atoms. The van der Waals surface area contributed by atoms with E-state index >= 15 is 0 Å². The summed E-state index contributed by atoms with van der Waals surface area (Å²) in [6, 6.07) is 6.54. The fourth-order valence-corrected chi connectivity index (χ4v) is 2.67. The molecule has 0 radical (unpaired) electrons. The molecular formula is C15H20N6. The summed E-state index contributed by atoms with van der Waals surface area (Å²) >= 11 is 0. The Morgan fingerprint density at radius 3 is 2.86 bits per heavy atom. The maximum atomic E-state index is 5.87. The number of nitrogens with one attached hydrogen (secondary N) is 1. The van der Waals surface area contributed by atoms with Crippen LogP contribution in [0, 0.1) is 0 Å². The van der Waals surface area contributed by atoms with Crippen LogP contribution in [0.25, 0.3) is 0 Å². The molecule has 1 aliphatic rings. The second-order valence-corrected chi connectivity index (χ2v) is 5.33. The predicted molar refractivity (Wildman–Crippen MR) is 83.2 cm³/mol. The largest absolute Gasteiger partial charge is 0.368 e. The van der Waals surface area contributed by atoms with Gasteiger partial charge in [0.05, 0.1) is 5.69 Å². The molecule has 0 aromatic carbocycles. The lowest BCUT2D eigenvalue weighted by atomic mass is 10.1. The first-order chi connectivity index (χ1) is 10.2. The van der Waals surface area contributed by atoms with E-state index in [0.717, 1.165) is 37.4 Å². The number of hydrogen-bond acceptors (Lipinski definition) is 6. The molecule has 0 saturated carbocycles. The zero-order valence-corrected chi connectivity index (χ0v) is 12.2. The highest BCUT2D eigenvalue weighted by Gasteiger charge is 2.22. The van der Waals surface area contributed by atoms with Gasteiger partial charge in [-0.3, -0.25) is 4.98 Å². The summed E-state index contributed by atoms with van der Waals surface area (Å²) in [5.74, 6) is 1.26. The number of pyridine rings is 1. The quantitative estimate of drug-likeness (QED) is 0.866. The van der Waals surface area contributed by atoms with Crippen LogP contribution in [0.1, 0.15) is 17.7 Å². The molecule has 1 fully saturated rings. The zero-order valence-electron chi connectivity index (χ0n) is 12.2. The van der Waals surface area contributed by atoms with Gasteiger partial charge in [-0.25, -0.2) is 4.98 Å². The van der Waals surface area contributed by atoms with Crippen molar-refractivity contribution in [2.75, 3.05) is 30.8 Å². The van der Waals surface area contributed by atoms with Crippen LogP contribution in [0.15, 0.2) is 30.6 Å². The number of nitrogen functional groups attached to an aromatic ring is 1. The summed E-state index contributed by atoms with van der Waals surface area (Å²) in [6.45, 7) is 1.96. The Balaban J connectivity index is 1.80. The van der Waals surface area contributed by atoms with E-state index in [1.54, 1.807) is 12.4 Å². The minimum atomic E-state index is 0.337. The van der Waals surface area contributed by atoms with Gasteiger partial charge < -0.3 is 16.0 Å². The Bertz CT molecular complexity index is 600. The smallest absolute Gasteiger partial charge is 0.222 e. The fraction of sp³-hybridized carbons (Fsp3) is 0.400. The van der Waals surface area contributed by atoms with Gasteiger partial charge in [0, 0.05) is 44.0 Å². The molecule has 1 saturated heterocycles. The van der Waals surface area contributed by atoms with Gasteiger partial charge in [-0.15, -0.1) is 0 Å². The van der Waals surface area contributed by atoms with Crippen LogP contribution in [-0.2, 0) is 6.42 Å². The zero-order chi connectivity index (χ0) is 14.7. The van der Waals surface area contributed by atoms with Crippen molar-refractivity contribution in [2.45, 2.75) is 18.9 Å². The van der Waals surface area contributed by atoms with E-state index < -0.39 is 0 Å². The molecule has 0 bridgehead atoms. The van der Waals surface area contributed by atoms with Crippen molar-refractivity contribution in [2.24, 2.45) is 0 Å². The van der Waals surface area contributed by atoms with Crippen LogP contribution in [-0.4, -0.2) is 41.1 Å². The average Bonchev–Trinajstić information content (AvgIpc) is 2.97. The van der Waals surface area contributed by atoms with Crippen LogP contribution >= 0.6 is 0 Å². The predicted octanol–water partition coefficient (Wildman–Crippen LogP) is 0.843. The number of anilines is 2. The van der Waals surface area contributed by atoms with Crippen molar-refractivity contribution < 1.29 is 0 Å². The van der Waals surface area contributed by atoms with Crippen LogP contribution in [0.4, 0.5) is 11.8 Å². The third-order valence-corrected chi connectivity index (χ3v) is 3.84. The Morgan fingerprint density at radius 2 is 2.14 bits per heavy atom. The van der Waals surface area contributed by atoms with Crippen molar-refractivity contribution in [3.05, 3.63) is 41.9 Å². The maximum absolute atomic E-state index is 5.87. The van der Waals surface area contributed by atoms with Gasteiger partial charge in [-0.1, -0.05) is 0 Å². The Kier molecular flexibility index (Phi) is 3.96. The molecular weight excluding hydrogens is 264 g/mol. The Morgan fingerprint density at radius 1 is 1.33 bits per heavy atom. The molecule has 1 unspecified atom stereocenters. The van der Waals surface area contributed by atoms with Gasteiger partial charge in [0.25, 0.3) is 0 Å². The Labute approximate surface area is 124 Å². The standard InChI is InChI=1S/C15H20N6/c1-17-12-4-7-21(10-12)14-9-13(19-15(16)20-14)8-11-2-5-18-6-3-11/h2-3,5-6,9,12,17H,4,7-8,10H2,1H3,(H2,16,19,20). The van der Waals surface area contributed by atoms with Gasteiger partial charge in [0.2, 0.25) is 5.95 Å². The van der Waals surface area contributed by atoms with Gasteiger partial charge in [-0.2, -0.15) is 4.98 Å². The Hall–Kier alpha value is -2.21. The molecule has 2 aromatic heterocycles. The van der Waals surface area contributed by atoms with Crippen molar-refractivity contribution in [3.8, 4) is 0 Å². The number of nitrogens with two attached hydrogens (primary N) is 1. The van der Waals surface area contributed by atoms with E-state index in [1.807, 2.05) is 25.2 Å². The summed E-state index contributed by atoms with van der Waals surface area (Å²) in [5.41, 5.74) is 7.98. The minimum Gasteiger partial charge on any atom is -0.368 e. The molecule has 0 spiro atoms. The van der Waals surface area contributed by atoms with Crippen LogP contribution in [0.2, 0.25) is 0 Å². The van der Waals surface area contributed by atoms with E-state index in [4.69, 9.17) is 5.73 Å². The molecule has 3 N–H and O–H groups in total. The monoisotopic (exact) mass is 284 g/mol.